The van der Waals surface area contributed by atoms with E-state index in [4.69, 9.17) is 4.74 Å². The lowest BCUT2D eigenvalue weighted by Gasteiger charge is -2.11. The molecule has 0 saturated heterocycles. The minimum Gasteiger partial charge on any atom is -0.383 e. The van der Waals surface area contributed by atoms with Crippen molar-refractivity contribution in [3.63, 3.8) is 0 Å². The summed E-state index contributed by atoms with van der Waals surface area (Å²) in [4.78, 5) is 0.515. The summed E-state index contributed by atoms with van der Waals surface area (Å²) in [6.07, 6.45) is 1.18. The van der Waals surface area contributed by atoms with Crippen LogP contribution in [0.4, 0.5) is 4.39 Å². The molecule has 0 fully saturated rings. The molecule has 0 radical (unpaired) electrons. The summed E-state index contributed by atoms with van der Waals surface area (Å²) in [6, 6.07) is 4.89. The number of methoxy groups -OCH3 is 1. The van der Waals surface area contributed by atoms with Crippen molar-refractivity contribution in [1.29, 1.82) is 0 Å². The monoisotopic (exact) mass is 321 g/mol. The maximum Gasteiger partial charge on any atom is 0.148 e. The van der Waals surface area contributed by atoms with Crippen LogP contribution < -0.4 is 5.32 Å². The van der Waals surface area contributed by atoms with Gasteiger partial charge in [0.1, 0.15) is 15.7 Å². The highest BCUT2D eigenvalue weighted by Gasteiger charge is 2.10. The molecule has 114 valence electrons. The average molecular weight is 321 g/mol. The fourth-order valence-corrected chi connectivity index (χ4v) is 3.83. The third-order valence-electron chi connectivity index (χ3n) is 2.55. The molecule has 4 nitrogen and oxygen atoms in total. The molecule has 0 heterocycles. The second-order valence-electron chi connectivity index (χ2n) is 4.38. The molecule has 0 saturated carbocycles. The fraction of sp³-hybridized carbons (Fsp3) is 0.538. The Morgan fingerprint density at radius 3 is 2.80 bits per heavy atom. The Labute approximate surface area is 124 Å². The van der Waals surface area contributed by atoms with Crippen LogP contribution in [0.3, 0.4) is 0 Å². The molecular formula is C13H20FNO3S2. The summed E-state index contributed by atoms with van der Waals surface area (Å²) in [7, 11) is -1.40. The molecule has 0 amide bonds. The smallest absolute Gasteiger partial charge is 0.148 e. The molecule has 7 heteroatoms. The standard InChI is InChI=1S/C13H20FNO3S2/c1-18-7-6-15-10-11-4-3-5-12(14)13(11)19-8-9-20(2,16)17/h3-5,15H,6-10H2,1-2H3. The minimum absolute atomic E-state index is 0.0442. The predicted octanol–water partition coefficient (Wildman–Crippen LogP) is 1.70. The first-order chi connectivity index (χ1) is 9.44. The Balaban J connectivity index is 2.63. The summed E-state index contributed by atoms with van der Waals surface area (Å²) in [5.41, 5.74) is 0.833. The number of ether oxygens (including phenoxy) is 1. The van der Waals surface area contributed by atoms with E-state index in [0.29, 0.717) is 30.3 Å². The highest BCUT2D eigenvalue weighted by atomic mass is 32.2. The number of rotatable bonds is 9. The normalized spacial score (nSPS) is 11.8. The van der Waals surface area contributed by atoms with Gasteiger partial charge in [-0.2, -0.15) is 0 Å². The Morgan fingerprint density at radius 2 is 2.15 bits per heavy atom. The molecule has 1 N–H and O–H groups in total. The summed E-state index contributed by atoms with van der Waals surface area (Å²) < 4.78 is 41.0. The van der Waals surface area contributed by atoms with Gasteiger partial charge in [0.15, 0.2) is 0 Å². The maximum atomic E-state index is 13.8. The number of thioether (sulfide) groups is 1. The highest BCUT2D eigenvalue weighted by molar-refractivity contribution is 8.00. The van der Waals surface area contributed by atoms with Crippen LogP contribution >= 0.6 is 11.8 Å². The van der Waals surface area contributed by atoms with Crippen molar-refractivity contribution in [3.8, 4) is 0 Å². The van der Waals surface area contributed by atoms with Crippen LogP contribution in [0.15, 0.2) is 23.1 Å². The first-order valence-corrected chi connectivity index (χ1v) is 9.26. The lowest BCUT2D eigenvalue weighted by molar-refractivity contribution is 0.199. The van der Waals surface area contributed by atoms with Crippen molar-refractivity contribution in [2.24, 2.45) is 0 Å². The Morgan fingerprint density at radius 1 is 1.40 bits per heavy atom. The second-order valence-corrected chi connectivity index (χ2v) is 7.74. The quantitative estimate of drug-likeness (QED) is 0.554. The third kappa shape index (κ3) is 6.69. The highest BCUT2D eigenvalue weighted by Crippen LogP contribution is 2.26. The van der Waals surface area contributed by atoms with E-state index in [9.17, 15) is 12.8 Å². The van der Waals surface area contributed by atoms with Crippen LogP contribution in [0.2, 0.25) is 0 Å². The summed E-state index contributed by atoms with van der Waals surface area (Å²) in [5.74, 6) is 0.0856. The van der Waals surface area contributed by atoms with Crippen molar-refractivity contribution in [2.75, 3.05) is 38.0 Å². The zero-order valence-corrected chi connectivity index (χ0v) is 13.3. The van der Waals surface area contributed by atoms with Crippen molar-refractivity contribution in [2.45, 2.75) is 11.4 Å². The van der Waals surface area contributed by atoms with Crippen LogP contribution in [0.5, 0.6) is 0 Å². The molecule has 0 aliphatic heterocycles. The Bertz CT molecular complexity index is 520. The summed E-state index contributed by atoms with van der Waals surface area (Å²) >= 11 is 1.24. The van der Waals surface area contributed by atoms with Crippen LogP contribution in [0.1, 0.15) is 5.56 Å². The zero-order chi connectivity index (χ0) is 15.0. The first kappa shape index (κ1) is 17.4. The van der Waals surface area contributed by atoms with Crippen LogP contribution in [-0.4, -0.2) is 46.4 Å². The van der Waals surface area contributed by atoms with Gasteiger partial charge in [0, 0.05) is 37.1 Å². The number of benzene rings is 1. The van der Waals surface area contributed by atoms with E-state index in [-0.39, 0.29) is 11.6 Å². The van der Waals surface area contributed by atoms with Crippen molar-refractivity contribution < 1.29 is 17.5 Å². The van der Waals surface area contributed by atoms with E-state index < -0.39 is 9.84 Å². The molecule has 0 aliphatic rings. The van der Waals surface area contributed by atoms with E-state index >= 15 is 0 Å². The SMILES string of the molecule is COCCNCc1cccc(F)c1SCCS(C)(=O)=O. The van der Waals surface area contributed by atoms with Crippen molar-refractivity contribution in [3.05, 3.63) is 29.6 Å². The van der Waals surface area contributed by atoms with Gasteiger partial charge in [-0.05, 0) is 11.6 Å². The molecule has 0 bridgehead atoms. The first-order valence-electron chi connectivity index (χ1n) is 6.21. The van der Waals surface area contributed by atoms with Crippen molar-refractivity contribution >= 4 is 21.6 Å². The molecule has 20 heavy (non-hydrogen) atoms. The van der Waals surface area contributed by atoms with Crippen LogP contribution in [-0.2, 0) is 21.1 Å². The van der Waals surface area contributed by atoms with E-state index in [0.717, 1.165) is 5.56 Å². The topological polar surface area (TPSA) is 55.4 Å². The van der Waals surface area contributed by atoms with Gasteiger partial charge in [-0.1, -0.05) is 12.1 Å². The molecule has 1 aromatic rings. The lowest BCUT2D eigenvalue weighted by atomic mass is 10.2. The number of hydrogen-bond acceptors (Lipinski definition) is 5. The zero-order valence-electron chi connectivity index (χ0n) is 11.7. The maximum absolute atomic E-state index is 13.8. The molecule has 1 rings (SSSR count). The molecule has 0 atom stereocenters. The van der Waals surface area contributed by atoms with Gasteiger partial charge in [-0.25, -0.2) is 12.8 Å². The van der Waals surface area contributed by atoms with Gasteiger partial charge >= 0.3 is 0 Å². The van der Waals surface area contributed by atoms with Gasteiger partial charge in [0.25, 0.3) is 0 Å². The molecular weight excluding hydrogens is 301 g/mol. The number of nitrogens with one attached hydrogen (secondary N) is 1. The summed E-state index contributed by atoms with van der Waals surface area (Å²) in [6.45, 7) is 1.80. The number of sulfone groups is 1. The van der Waals surface area contributed by atoms with Crippen molar-refractivity contribution in [1.82, 2.24) is 5.32 Å². The van der Waals surface area contributed by atoms with Gasteiger partial charge in [-0.3, -0.25) is 0 Å². The molecule has 0 unspecified atom stereocenters. The average Bonchev–Trinajstić information content (AvgIpc) is 2.36. The lowest BCUT2D eigenvalue weighted by Crippen LogP contribution is -2.19. The van der Waals surface area contributed by atoms with Crippen LogP contribution in [0, 0.1) is 5.82 Å². The number of hydrogen-bond donors (Lipinski definition) is 1. The van der Waals surface area contributed by atoms with Gasteiger partial charge in [0.2, 0.25) is 0 Å². The van der Waals surface area contributed by atoms with Gasteiger partial charge < -0.3 is 10.1 Å². The molecule has 1 aromatic carbocycles. The second kappa shape index (κ2) is 8.61. The molecule has 0 aromatic heterocycles. The van der Waals surface area contributed by atoms with E-state index in [1.54, 1.807) is 13.2 Å². The molecule has 0 aliphatic carbocycles. The Kier molecular flexibility index (Phi) is 7.50. The molecule has 0 spiro atoms. The number of halogens is 1. The van der Waals surface area contributed by atoms with E-state index in [2.05, 4.69) is 5.32 Å². The largest absolute Gasteiger partial charge is 0.383 e. The van der Waals surface area contributed by atoms with Gasteiger partial charge in [-0.15, -0.1) is 11.8 Å². The van der Waals surface area contributed by atoms with Crippen LogP contribution in [0.25, 0.3) is 0 Å². The predicted molar refractivity (Wildman–Crippen MR) is 80.4 cm³/mol. The van der Waals surface area contributed by atoms with E-state index in [1.807, 2.05) is 6.07 Å². The Hall–Kier alpha value is -0.630. The fourth-order valence-electron chi connectivity index (χ4n) is 1.55. The minimum atomic E-state index is -3.02. The summed E-state index contributed by atoms with van der Waals surface area (Å²) in [5, 5.41) is 3.15. The third-order valence-corrected chi connectivity index (χ3v) is 4.91. The van der Waals surface area contributed by atoms with Gasteiger partial charge in [0.05, 0.1) is 12.4 Å². The van der Waals surface area contributed by atoms with E-state index in [1.165, 1.54) is 24.1 Å².